The monoisotopic (exact) mass is 346 g/mol. The van der Waals surface area contributed by atoms with Gasteiger partial charge in [-0.3, -0.25) is 4.79 Å². The molecule has 0 bridgehead atoms. The molecule has 2 rings (SSSR count). The van der Waals surface area contributed by atoms with E-state index in [0.29, 0.717) is 22.6 Å². The van der Waals surface area contributed by atoms with Crippen LogP contribution in [0.15, 0.2) is 51.8 Å². The molecule has 0 saturated heterocycles. The number of hydrogen-bond acceptors (Lipinski definition) is 3. The van der Waals surface area contributed by atoms with E-state index in [4.69, 9.17) is 5.26 Å². The third-order valence-electron chi connectivity index (χ3n) is 2.74. The quantitative estimate of drug-likeness (QED) is 0.835. The molecule has 1 N–H and O–H groups in total. The van der Waals surface area contributed by atoms with Gasteiger partial charge in [0.15, 0.2) is 0 Å². The fourth-order valence-electron chi connectivity index (χ4n) is 1.67. The van der Waals surface area contributed by atoms with Crippen molar-refractivity contribution in [1.82, 2.24) is 5.32 Å². The zero-order chi connectivity index (χ0) is 14.5. The van der Waals surface area contributed by atoms with E-state index in [0.717, 1.165) is 10.0 Å². The minimum atomic E-state index is -0.174. The number of carbonyl (C=O) groups is 1. The molecule has 100 valence electrons. The average Bonchev–Trinajstić information content (AvgIpc) is 2.45. The SMILES string of the molecule is N#Cc1ccc(CNC(=O)c2ccc(Br)cc2S)cc1. The van der Waals surface area contributed by atoms with Gasteiger partial charge in [-0.25, -0.2) is 0 Å². The molecular formula is C15H11BrN2OS. The lowest BCUT2D eigenvalue weighted by Crippen LogP contribution is -2.23. The van der Waals surface area contributed by atoms with E-state index < -0.39 is 0 Å². The van der Waals surface area contributed by atoms with Crippen LogP contribution in [0.4, 0.5) is 0 Å². The van der Waals surface area contributed by atoms with E-state index in [2.05, 4.69) is 39.9 Å². The number of nitrogens with zero attached hydrogens (tertiary/aromatic N) is 1. The van der Waals surface area contributed by atoms with Crippen molar-refractivity contribution >= 4 is 34.5 Å². The normalized spacial score (nSPS) is 9.85. The fourth-order valence-corrected chi connectivity index (χ4v) is 2.52. The van der Waals surface area contributed by atoms with Crippen LogP contribution in [0, 0.1) is 11.3 Å². The van der Waals surface area contributed by atoms with Crippen molar-refractivity contribution in [2.75, 3.05) is 0 Å². The lowest BCUT2D eigenvalue weighted by Gasteiger charge is -2.07. The number of halogens is 1. The van der Waals surface area contributed by atoms with Gasteiger partial charge in [0.25, 0.3) is 5.91 Å². The highest BCUT2D eigenvalue weighted by molar-refractivity contribution is 9.10. The van der Waals surface area contributed by atoms with Crippen LogP contribution in [0.2, 0.25) is 0 Å². The molecule has 3 nitrogen and oxygen atoms in total. The van der Waals surface area contributed by atoms with Gasteiger partial charge in [0.05, 0.1) is 17.2 Å². The molecule has 0 spiro atoms. The predicted octanol–water partition coefficient (Wildman–Crippen LogP) is 3.54. The number of benzene rings is 2. The molecule has 0 aliphatic rings. The zero-order valence-electron chi connectivity index (χ0n) is 10.4. The van der Waals surface area contributed by atoms with Crippen LogP contribution >= 0.6 is 28.6 Å². The zero-order valence-corrected chi connectivity index (χ0v) is 12.9. The first-order chi connectivity index (χ1) is 9.60. The van der Waals surface area contributed by atoms with E-state index in [9.17, 15) is 4.79 Å². The lowest BCUT2D eigenvalue weighted by atomic mass is 10.1. The summed E-state index contributed by atoms with van der Waals surface area (Å²) < 4.78 is 0.881. The van der Waals surface area contributed by atoms with Gasteiger partial charge >= 0.3 is 0 Å². The van der Waals surface area contributed by atoms with Crippen LogP contribution < -0.4 is 5.32 Å². The Kier molecular flexibility index (Phi) is 4.83. The molecule has 2 aromatic rings. The van der Waals surface area contributed by atoms with E-state index in [-0.39, 0.29) is 5.91 Å². The van der Waals surface area contributed by atoms with Crippen LogP contribution in [0.25, 0.3) is 0 Å². The van der Waals surface area contributed by atoms with Crippen LogP contribution in [0.1, 0.15) is 21.5 Å². The molecule has 20 heavy (non-hydrogen) atoms. The third kappa shape index (κ3) is 3.62. The van der Waals surface area contributed by atoms with Crippen molar-refractivity contribution in [3.63, 3.8) is 0 Å². The molecule has 0 unspecified atom stereocenters. The highest BCUT2D eigenvalue weighted by Crippen LogP contribution is 2.19. The van der Waals surface area contributed by atoms with Crippen LogP contribution in [-0.4, -0.2) is 5.91 Å². The summed E-state index contributed by atoms with van der Waals surface area (Å²) in [6, 6.07) is 14.5. The van der Waals surface area contributed by atoms with Crippen LogP contribution in [0.5, 0.6) is 0 Å². The maximum Gasteiger partial charge on any atom is 0.252 e. The van der Waals surface area contributed by atoms with Gasteiger partial charge in [-0.15, -0.1) is 12.6 Å². The molecule has 0 heterocycles. The van der Waals surface area contributed by atoms with Crippen molar-refractivity contribution in [2.45, 2.75) is 11.4 Å². The Morgan fingerprint density at radius 1 is 1.25 bits per heavy atom. The van der Waals surface area contributed by atoms with Crippen molar-refractivity contribution < 1.29 is 4.79 Å². The highest BCUT2D eigenvalue weighted by atomic mass is 79.9. The third-order valence-corrected chi connectivity index (χ3v) is 3.60. The molecule has 5 heteroatoms. The first-order valence-corrected chi connectivity index (χ1v) is 7.10. The second-order valence-corrected chi connectivity index (χ2v) is 5.55. The summed E-state index contributed by atoms with van der Waals surface area (Å²) in [5.41, 5.74) is 2.07. The summed E-state index contributed by atoms with van der Waals surface area (Å²) in [5.74, 6) is -0.174. The first kappa shape index (κ1) is 14.6. The number of nitriles is 1. The molecule has 1 amide bonds. The maximum absolute atomic E-state index is 12.0. The highest BCUT2D eigenvalue weighted by Gasteiger charge is 2.09. The van der Waals surface area contributed by atoms with Gasteiger partial charge in [-0.05, 0) is 35.9 Å². The smallest absolute Gasteiger partial charge is 0.252 e. The van der Waals surface area contributed by atoms with Gasteiger partial charge < -0.3 is 5.32 Å². The molecule has 0 saturated carbocycles. The van der Waals surface area contributed by atoms with Gasteiger partial charge in [0.2, 0.25) is 0 Å². The summed E-state index contributed by atoms with van der Waals surface area (Å²) in [5, 5.41) is 11.5. The number of hydrogen-bond donors (Lipinski definition) is 2. The maximum atomic E-state index is 12.0. The minimum Gasteiger partial charge on any atom is -0.348 e. The fraction of sp³-hybridized carbons (Fsp3) is 0.0667. The molecule has 0 aromatic heterocycles. The Hall–Kier alpha value is -1.77. The largest absolute Gasteiger partial charge is 0.348 e. The van der Waals surface area contributed by atoms with Crippen molar-refractivity contribution in [1.29, 1.82) is 5.26 Å². The predicted molar refractivity (Wildman–Crippen MR) is 83.7 cm³/mol. The molecule has 0 radical (unpaired) electrons. The Bertz CT molecular complexity index is 677. The van der Waals surface area contributed by atoms with E-state index in [1.54, 1.807) is 30.3 Å². The average molecular weight is 347 g/mol. The van der Waals surface area contributed by atoms with Crippen molar-refractivity contribution in [2.24, 2.45) is 0 Å². The number of carbonyl (C=O) groups excluding carboxylic acids is 1. The van der Waals surface area contributed by atoms with E-state index >= 15 is 0 Å². The first-order valence-electron chi connectivity index (χ1n) is 5.86. The van der Waals surface area contributed by atoms with Crippen molar-refractivity contribution in [3.05, 3.63) is 63.6 Å². The Morgan fingerprint density at radius 3 is 2.55 bits per heavy atom. The molecule has 2 aromatic carbocycles. The summed E-state index contributed by atoms with van der Waals surface area (Å²) in [4.78, 5) is 12.7. The Balaban J connectivity index is 2.03. The van der Waals surface area contributed by atoms with Gasteiger partial charge in [-0.1, -0.05) is 28.1 Å². The summed E-state index contributed by atoms with van der Waals surface area (Å²) in [6.07, 6.45) is 0. The Morgan fingerprint density at radius 2 is 1.95 bits per heavy atom. The summed E-state index contributed by atoms with van der Waals surface area (Å²) in [7, 11) is 0. The summed E-state index contributed by atoms with van der Waals surface area (Å²) >= 11 is 7.61. The second kappa shape index (κ2) is 6.60. The Labute approximate surface area is 131 Å². The number of rotatable bonds is 3. The topological polar surface area (TPSA) is 52.9 Å². The van der Waals surface area contributed by atoms with Crippen LogP contribution in [0.3, 0.4) is 0 Å². The minimum absolute atomic E-state index is 0.174. The lowest BCUT2D eigenvalue weighted by molar-refractivity contribution is 0.0948. The molecule has 0 aliphatic carbocycles. The number of thiol groups is 1. The second-order valence-electron chi connectivity index (χ2n) is 4.15. The molecule has 0 fully saturated rings. The summed E-state index contributed by atoms with van der Waals surface area (Å²) in [6.45, 7) is 0.411. The van der Waals surface area contributed by atoms with E-state index in [1.165, 1.54) is 0 Å². The van der Waals surface area contributed by atoms with Gasteiger partial charge in [0.1, 0.15) is 0 Å². The van der Waals surface area contributed by atoms with Crippen molar-refractivity contribution in [3.8, 4) is 6.07 Å². The number of nitrogens with one attached hydrogen (secondary N) is 1. The van der Waals surface area contributed by atoms with Gasteiger partial charge in [0, 0.05) is 15.9 Å². The molecule has 0 atom stereocenters. The van der Waals surface area contributed by atoms with Gasteiger partial charge in [-0.2, -0.15) is 5.26 Å². The standard InChI is InChI=1S/C15H11BrN2OS/c16-12-5-6-13(14(20)7-12)15(19)18-9-11-3-1-10(8-17)2-4-11/h1-7,20H,9H2,(H,18,19). The molecular weight excluding hydrogens is 336 g/mol. The number of amides is 1. The van der Waals surface area contributed by atoms with E-state index in [1.807, 2.05) is 12.1 Å². The molecule has 0 aliphatic heterocycles. The van der Waals surface area contributed by atoms with Crippen LogP contribution in [-0.2, 0) is 6.54 Å².